The van der Waals surface area contributed by atoms with Crippen LogP contribution in [0.1, 0.15) is 209 Å². The molecule has 14 aromatic rings. The minimum Gasteiger partial charge on any atom is -0.397 e. The molecule has 31 nitrogen and oxygen atoms in total. The lowest BCUT2D eigenvalue weighted by Crippen LogP contribution is -2.61. The number of nitrogens with one attached hydrogen (secondary N) is 4. The minimum absolute atomic E-state index is 0.0252. The predicted molar refractivity (Wildman–Crippen MR) is 539 cm³/mol. The van der Waals surface area contributed by atoms with E-state index in [9.17, 15) is 41.9 Å². The lowest BCUT2D eigenvalue weighted by atomic mass is 9.83. The summed E-state index contributed by atoms with van der Waals surface area (Å²) in [7, 11) is 0. The van der Waals surface area contributed by atoms with Crippen molar-refractivity contribution < 1.29 is 41.9 Å². The molecule has 0 bridgehead atoms. The first-order chi connectivity index (χ1) is 65.3. The Hall–Kier alpha value is -12.7. The number of fused-ring (bicyclic) bond motifs is 6. The number of aromatic nitrogens is 12. The quantitative estimate of drug-likeness (QED) is 0.0409. The van der Waals surface area contributed by atoms with Gasteiger partial charge in [0, 0.05) is 128 Å². The van der Waals surface area contributed by atoms with Crippen LogP contribution in [0.25, 0.3) is 51.1 Å². The molecule has 2 unspecified atom stereocenters. The van der Waals surface area contributed by atoms with Crippen molar-refractivity contribution >= 4 is 177 Å². The molecule has 137 heavy (non-hydrogen) atoms. The Morgan fingerprint density at radius 3 is 1.15 bits per heavy atom. The molecule has 4 aliphatic heterocycles. The van der Waals surface area contributed by atoms with Crippen molar-refractivity contribution in [3.63, 3.8) is 0 Å². The number of aryl methyl sites for hydroxylation is 12. The van der Waals surface area contributed by atoms with Gasteiger partial charge in [0.15, 0.2) is 0 Å². The first-order valence-electron chi connectivity index (χ1n) is 45.7. The molecule has 5 aliphatic rings. The van der Waals surface area contributed by atoms with Crippen LogP contribution in [-0.2, 0) is 36.4 Å². The maximum atomic E-state index is 13.2. The number of thiophene rings is 5. The molecule has 1 aliphatic carbocycles. The Balaban J connectivity index is 0.000000130. The molecule has 6 amide bonds. The van der Waals surface area contributed by atoms with Gasteiger partial charge >= 0.3 is 6.18 Å². The average molecular weight is 1960 g/mol. The second kappa shape index (κ2) is 41.7. The van der Waals surface area contributed by atoms with Crippen LogP contribution < -0.4 is 54.8 Å². The Bertz CT molecular complexity index is 6890. The third-order valence-corrected chi connectivity index (χ3v) is 32.2. The van der Waals surface area contributed by atoms with Crippen LogP contribution in [0.15, 0.2) is 85.1 Å². The van der Waals surface area contributed by atoms with E-state index in [0.717, 1.165) is 200 Å². The first kappa shape index (κ1) is 98.8. The fourth-order valence-corrected chi connectivity index (χ4v) is 22.7. The van der Waals surface area contributed by atoms with Crippen LogP contribution in [0.2, 0.25) is 0 Å². The monoisotopic (exact) mass is 1950 g/mol. The Kier molecular flexibility index (Phi) is 30.1. The molecule has 718 valence electrons. The molecule has 1 saturated carbocycles. The molecule has 39 heteroatoms. The van der Waals surface area contributed by atoms with E-state index in [4.69, 9.17) is 28.7 Å². The average Bonchev–Trinajstić information content (AvgIpc) is 1.65. The van der Waals surface area contributed by atoms with Crippen molar-refractivity contribution in [1.29, 1.82) is 0 Å². The lowest BCUT2D eigenvalue weighted by Gasteiger charge is -2.40. The third-order valence-electron chi connectivity index (χ3n) is 26.7. The first-order valence-corrected chi connectivity index (χ1v) is 49.8. The molecule has 2 aromatic carbocycles. The number of rotatable bonds is 17. The maximum absolute atomic E-state index is 13.2. The number of benzene rings is 2. The summed E-state index contributed by atoms with van der Waals surface area (Å²) in [6, 6.07) is 24.6. The smallest absolute Gasteiger partial charge is 0.397 e. The van der Waals surface area contributed by atoms with Crippen molar-refractivity contribution in [2.75, 3.05) is 85.9 Å². The molecule has 0 spiro atoms. The highest BCUT2D eigenvalue weighted by Crippen LogP contribution is 2.45. The zero-order chi connectivity index (χ0) is 97.9. The number of halogens is 3. The number of pyridine rings is 2. The van der Waals surface area contributed by atoms with Gasteiger partial charge in [-0.3, -0.25) is 38.7 Å². The van der Waals surface area contributed by atoms with E-state index in [0.29, 0.717) is 116 Å². The van der Waals surface area contributed by atoms with Crippen LogP contribution in [-0.4, -0.2) is 176 Å². The van der Waals surface area contributed by atoms with Crippen LogP contribution in [0.5, 0.6) is 0 Å². The third kappa shape index (κ3) is 21.5. The second-order valence-corrected chi connectivity index (χ2v) is 41.5. The molecular weight excluding hydrogens is 1840 g/mol. The highest BCUT2D eigenvalue weighted by Gasteiger charge is 2.49. The highest BCUT2D eigenvalue weighted by molar-refractivity contribution is 7.23. The zero-order valence-corrected chi connectivity index (χ0v) is 83.3. The molecule has 0 radical (unpaired) electrons. The fraction of sp³-hybridized carbons (Fsp3) is 0.408. The van der Waals surface area contributed by atoms with Crippen molar-refractivity contribution in [2.45, 2.75) is 192 Å². The number of likely N-dealkylation sites (tertiary alicyclic amines) is 3. The Morgan fingerprint density at radius 2 is 0.766 bits per heavy atom. The topological polar surface area (TPSA) is 448 Å². The van der Waals surface area contributed by atoms with E-state index in [1.165, 1.54) is 102 Å². The van der Waals surface area contributed by atoms with Crippen LogP contribution in [0, 0.1) is 101 Å². The summed E-state index contributed by atoms with van der Waals surface area (Å²) in [5.41, 5.74) is 46.7. The summed E-state index contributed by atoms with van der Waals surface area (Å²) in [5, 5.41) is 57.2. The SMILES string of the molecule is Cc1ccc(CNC(=O)c2sc3nnc(C)c(C)c3c2N)cn1.Cc1cccc(N2CC3CN(C(=O)c4sc5nnc(C)c(C)c5c4N)CC3C2)n1.Cc1nnc2sc(C(=O)N3CC(NC(=O)C4CCCCC4)C3)c(N)c2c1C.Cc1nnc2sc(C(=O)NCc3ccc(C(C)(C)C(F)(F)F)cc3)c(N)c2c1C.Cc1nnc2sc(C(=O)NCc3ccc(CN4CCCCC4)cc3)c(N)c2c1C. The number of nitrogens with zero attached hydrogens (tertiary/aromatic N) is 16. The van der Waals surface area contributed by atoms with Crippen LogP contribution in [0.4, 0.5) is 47.4 Å². The summed E-state index contributed by atoms with van der Waals surface area (Å²) >= 11 is 6.38. The van der Waals surface area contributed by atoms with Crippen molar-refractivity contribution in [3.8, 4) is 0 Å². The van der Waals surface area contributed by atoms with E-state index in [1.807, 2.05) is 106 Å². The molecule has 19 rings (SSSR count). The summed E-state index contributed by atoms with van der Waals surface area (Å²) in [4.78, 5) is 99.4. The molecule has 2 atom stereocenters. The normalized spacial score (nSPS) is 15.8. The largest absolute Gasteiger partial charge is 0.397 e. The maximum Gasteiger partial charge on any atom is 0.397 e. The van der Waals surface area contributed by atoms with Crippen molar-refractivity contribution in [3.05, 3.63) is 205 Å². The van der Waals surface area contributed by atoms with E-state index < -0.39 is 11.6 Å². The van der Waals surface area contributed by atoms with Gasteiger partial charge in [-0.05, 0) is 210 Å². The Labute approximate surface area is 811 Å². The summed E-state index contributed by atoms with van der Waals surface area (Å²) in [5.74, 6) is 1.48. The van der Waals surface area contributed by atoms with Gasteiger partial charge in [-0.1, -0.05) is 86.3 Å². The number of carbonyl (C=O) groups excluding carboxylic acids is 6. The number of alkyl halides is 3. The summed E-state index contributed by atoms with van der Waals surface area (Å²) in [6.45, 7) is 34.2. The Morgan fingerprint density at radius 1 is 0.409 bits per heavy atom. The van der Waals surface area contributed by atoms with Gasteiger partial charge in [0.25, 0.3) is 29.5 Å². The summed E-state index contributed by atoms with van der Waals surface area (Å²) < 4.78 is 39.5. The number of anilines is 6. The lowest BCUT2D eigenvalue weighted by molar-refractivity contribution is -0.180. The van der Waals surface area contributed by atoms with Crippen molar-refractivity contribution in [2.24, 2.45) is 17.8 Å². The number of nitrogens with two attached hydrogens (primary N) is 5. The summed E-state index contributed by atoms with van der Waals surface area (Å²) in [6.07, 6.45) is 6.84. The van der Waals surface area contributed by atoms with E-state index >= 15 is 0 Å². The standard InChI is InChI=1S/C22H27N5OS.C21H24N6OS.C20H21F3N4OS.C19H25N5O2S.C16H17N5OS/c1-14-15(2)25-26-22-18(14)19(23)20(29-22)21(28)24-12-16-6-8-17(9-7-16)13-27-10-4-3-5-11-27;1-11-5-4-6-16(23-11)26-7-14-9-27(10-15(14)8-26)21(28)19-18(22)17-12(2)13(3)24-25-20(17)29-19;1-10-11(2)26-27-18-14(10)15(24)16(29-18)17(28)25-9-12-5-7-13(8-6-12)19(3,4)20(21,22)23;1-10-11(2)22-23-18-14(10)15(20)16(27-18)19(26)24-8-13(9-24)21-17(25)12-6-4-3-5-7-12;1-8-4-5-11(6-18-8)7-19-15(22)14-13(17)12-9(2)10(3)20-21-16(12)23-14/h6-9H,3-5,10-13,23H2,1-2H3,(H,24,28);4-6,14-15H,7-10,22H2,1-3H3;5-8H,9,24H2,1-4H3,(H,25,28);12-13H,3-9,20H2,1-2H3,(H,21,25);4-6H,7,17H2,1-3H3,(H,19,22). The number of nitrogen functional groups attached to an aromatic ring is 5. The number of carbonyl (C=O) groups is 6. The zero-order valence-electron chi connectivity index (χ0n) is 79.2. The second-order valence-electron chi connectivity index (χ2n) is 36.5. The highest BCUT2D eigenvalue weighted by atomic mass is 32.1. The molecular formula is C98H114F3N25O6S5. The molecule has 14 N–H and O–H groups in total. The minimum atomic E-state index is -4.35. The predicted octanol–water partition coefficient (Wildman–Crippen LogP) is 16.2. The van der Waals surface area contributed by atoms with Crippen LogP contribution in [0.3, 0.4) is 0 Å². The molecule has 16 heterocycles. The van der Waals surface area contributed by atoms with Gasteiger partial charge in [-0.25, -0.2) is 4.98 Å². The van der Waals surface area contributed by atoms with Gasteiger partial charge in [-0.2, -0.15) is 38.7 Å². The molecule has 4 saturated heterocycles. The van der Waals surface area contributed by atoms with Gasteiger partial charge < -0.3 is 64.6 Å². The fourth-order valence-electron chi connectivity index (χ4n) is 17.5. The van der Waals surface area contributed by atoms with Gasteiger partial charge in [0.1, 0.15) is 54.4 Å². The number of piperidine rings is 1. The van der Waals surface area contributed by atoms with Gasteiger partial charge in [0.05, 0.1) is 68.4 Å². The number of amides is 6. The van der Waals surface area contributed by atoms with Crippen LogP contribution >= 0.6 is 56.7 Å². The van der Waals surface area contributed by atoms with E-state index in [2.05, 4.69) is 128 Å². The molecule has 12 aromatic heterocycles. The van der Waals surface area contributed by atoms with E-state index in [-0.39, 0.29) is 59.5 Å². The van der Waals surface area contributed by atoms with E-state index in [1.54, 1.807) is 23.2 Å². The number of hydrogen-bond donors (Lipinski definition) is 9. The van der Waals surface area contributed by atoms with Gasteiger partial charge in [0.2, 0.25) is 5.91 Å². The van der Waals surface area contributed by atoms with Gasteiger partial charge in [-0.15, -0.1) is 82.2 Å². The van der Waals surface area contributed by atoms with Crippen molar-refractivity contribution in [1.82, 2.24) is 96.9 Å². The number of hydrogen-bond acceptors (Lipinski definition) is 30. The molecule has 5 fully saturated rings.